The monoisotopic (exact) mass is 605 g/mol. The molecule has 0 spiro atoms. The molecule has 0 bridgehead atoms. The molecule has 0 N–H and O–H groups in total. The summed E-state index contributed by atoms with van der Waals surface area (Å²) in [7, 11) is 3.45. The van der Waals surface area contributed by atoms with E-state index in [2.05, 4.69) is 44.6 Å². The van der Waals surface area contributed by atoms with Crippen molar-refractivity contribution in [3.05, 3.63) is 115 Å². The summed E-state index contributed by atoms with van der Waals surface area (Å²) in [4.78, 5) is 34.4. The van der Waals surface area contributed by atoms with Crippen LogP contribution in [0.25, 0.3) is 21.9 Å². The summed E-state index contributed by atoms with van der Waals surface area (Å²) in [5, 5.41) is 2.23. The topological polar surface area (TPSA) is 81.8 Å². The van der Waals surface area contributed by atoms with Crippen LogP contribution in [0.1, 0.15) is 40.5 Å². The summed E-state index contributed by atoms with van der Waals surface area (Å²) in [6.45, 7) is 3.05. The van der Waals surface area contributed by atoms with E-state index in [9.17, 15) is 9.59 Å². The Kier molecular flexibility index (Phi) is 9.26. The second kappa shape index (κ2) is 13.8. The van der Waals surface area contributed by atoms with Crippen molar-refractivity contribution >= 4 is 22.8 Å². The molecule has 5 aromatic rings. The van der Waals surface area contributed by atoms with Crippen LogP contribution in [0.5, 0.6) is 0 Å². The Bertz CT molecular complexity index is 1750. The van der Waals surface area contributed by atoms with Crippen LogP contribution in [0.15, 0.2) is 97.7 Å². The summed E-state index contributed by atoms with van der Waals surface area (Å²) in [6.07, 6.45) is 9.14. The number of ether oxygens (including phenoxy) is 2. The van der Waals surface area contributed by atoms with E-state index >= 15 is 0 Å². The molecule has 3 aromatic carbocycles. The number of piperidine rings is 1. The maximum atomic E-state index is 13.7. The summed E-state index contributed by atoms with van der Waals surface area (Å²) >= 11 is 0. The molecule has 1 aliphatic heterocycles. The van der Waals surface area contributed by atoms with Gasteiger partial charge in [0.15, 0.2) is 0 Å². The summed E-state index contributed by atoms with van der Waals surface area (Å²) in [5.74, 6) is -0.0474. The quantitative estimate of drug-likeness (QED) is 0.188. The lowest BCUT2D eigenvalue weighted by Crippen LogP contribution is -2.39. The Balaban J connectivity index is 1.19. The molecule has 0 atom stereocenters. The molecule has 0 radical (unpaired) electrons. The molecule has 9 heteroatoms. The molecular formula is C36H39N5O4. The van der Waals surface area contributed by atoms with E-state index in [0.717, 1.165) is 46.0 Å². The van der Waals surface area contributed by atoms with E-state index in [1.54, 1.807) is 16.9 Å². The van der Waals surface area contributed by atoms with E-state index in [1.807, 2.05) is 74.3 Å². The van der Waals surface area contributed by atoms with Gasteiger partial charge in [0.25, 0.3) is 5.91 Å². The van der Waals surface area contributed by atoms with Gasteiger partial charge in [-0.25, -0.2) is 9.78 Å². The van der Waals surface area contributed by atoms with Crippen LogP contribution in [0.3, 0.4) is 0 Å². The molecule has 6 rings (SSSR count). The Labute approximate surface area is 263 Å². The number of hydrogen-bond acceptors (Lipinski definition) is 5. The van der Waals surface area contributed by atoms with Gasteiger partial charge in [-0.2, -0.15) is 0 Å². The average molecular weight is 606 g/mol. The van der Waals surface area contributed by atoms with E-state index in [1.165, 1.54) is 0 Å². The maximum Gasteiger partial charge on any atom is 0.410 e. The highest BCUT2D eigenvalue weighted by atomic mass is 16.6. The summed E-state index contributed by atoms with van der Waals surface area (Å²) in [6, 6.07) is 24.4. The van der Waals surface area contributed by atoms with E-state index < -0.39 is 0 Å². The van der Waals surface area contributed by atoms with Crippen molar-refractivity contribution < 1.29 is 19.1 Å². The Hall–Kier alpha value is -4.89. The molecule has 9 nitrogen and oxygen atoms in total. The number of fused-ring (bicyclic) bond motifs is 1. The summed E-state index contributed by atoms with van der Waals surface area (Å²) < 4.78 is 15.1. The SMILES string of the molecule is COCCN(C)C(=O)c1cn(Cc2cncn2C2CCN(C(=O)OCc3ccccc3)CC2)cc1-c1cccc2ccccc12. The highest BCUT2D eigenvalue weighted by Gasteiger charge is 2.26. The van der Waals surface area contributed by atoms with Crippen LogP contribution in [0.4, 0.5) is 4.79 Å². The molecular weight excluding hydrogens is 566 g/mol. The lowest BCUT2D eigenvalue weighted by molar-refractivity contribution is 0.0744. The molecule has 0 saturated carbocycles. The predicted molar refractivity (Wildman–Crippen MR) is 174 cm³/mol. The number of imidazole rings is 1. The van der Waals surface area contributed by atoms with Crippen molar-refractivity contribution in [1.29, 1.82) is 0 Å². The van der Waals surface area contributed by atoms with Gasteiger partial charge in [0.2, 0.25) is 0 Å². The van der Waals surface area contributed by atoms with Crippen LogP contribution in [-0.2, 0) is 22.6 Å². The van der Waals surface area contributed by atoms with Gasteiger partial charge in [-0.05, 0) is 34.7 Å². The Morgan fingerprint density at radius 2 is 1.69 bits per heavy atom. The highest BCUT2D eigenvalue weighted by Crippen LogP contribution is 2.33. The zero-order valence-corrected chi connectivity index (χ0v) is 25.8. The van der Waals surface area contributed by atoms with Crippen LogP contribution in [0, 0.1) is 0 Å². The van der Waals surface area contributed by atoms with E-state index in [0.29, 0.717) is 38.3 Å². The van der Waals surface area contributed by atoms with Gasteiger partial charge in [-0.3, -0.25) is 4.79 Å². The van der Waals surface area contributed by atoms with Crippen LogP contribution >= 0.6 is 0 Å². The lowest BCUT2D eigenvalue weighted by Gasteiger charge is -2.32. The Morgan fingerprint density at radius 1 is 0.933 bits per heavy atom. The minimum atomic E-state index is -0.274. The molecule has 232 valence electrons. The minimum absolute atomic E-state index is 0.0474. The molecule has 1 fully saturated rings. The largest absolute Gasteiger partial charge is 0.445 e. The highest BCUT2D eigenvalue weighted by molar-refractivity contribution is 6.06. The van der Waals surface area contributed by atoms with Gasteiger partial charge in [0.1, 0.15) is 6.61 Å². The smallest absolute Gasteiger partial charge is 0.410 e. The van der Waals surface area contributed by atoms with E-state index in [4.69, 9.17) is 9.47 Å². The number of nitrogens with zero attached hydrogens (tertiary/aromatic N) is 5. The second-order valence-corrected chi connectivity index (χ2v) is 11.6. The first-order chi connectivity index (χ1) is 22.0. The molecule has 1 aliphatic rings. The average Bonchev–Trinajstić information content (AvgIpc) is 3.73. The number of likely N-dealkylation sites (tertiary alicyclic amines) is 1. The van der Waals surface area contributed by atoms with Gasteiger partial charge in [-0.1, -0.05) is 72.8 Å². The van der Waals surface area contributed by atoms with E-state index in [-0.39, 0.29) is 24.6 Å². The van der Waals surface area contributed by atoms with Crippen LogP contribution in [0.2, 0.25) is 0 Å². The maximum absolute atomic E-state index is 13.7. The van der Waals surface area contributed by atoms with Gasteiger partial charge in [-0.15, -0.1) is 0 Å². The fraction of sp³-hybridized carbons (Fsp3) is 0.306. The van der Waals surface area contributed by atoms with Crippen molar-refractivity contribution in [2.24, 2.45) is 0 Å². The number of methoxy groups -OCH3 is 1. The number of amides is 2. The lowest BCUT2D eigenvalue weighted by atomic mass is 9.97. The number of rotatable bonds is 10. The molecule has 0 aliphatic carbocycles. The molecule has 0 unspecified atom stereocenters. The number of hydrogen-bond donors (Lipinski definition) is 0. The molecule has 2 amide bonds. The number of benzene rings is 3. The molecule has 1 saturated heterocycles. The number of carbonyl (C=O) groups is 2. The van der Waals surface area contributed by atoms with Gasteiger partial charge in [0.05, 0.1) is 30.7 Å². The second-order valence-electron chi connectivity index (χ2n) is 11.6. The predicted octanol–water partition coefficient (Wildman–Crippen LogP) is 6.25. The van der Waals surface area contributed by atoms with Gasteiger partial charge in [0, 0.05) is 64.0 Å². The third-order valence-corrected chi connectivity index (χ3v) is 8.58. The van der Waals surface area contributed by atoms with Crippen molar-refractivity contribution in [1.82, 2.24) is 23.9 Å². The molecule has 2 aromatic heterocycles. The van der Waals surface area contributed by atoms with Gasteiger partial charge >= 0.3 is 6.09 Å². The van der Waals surface area contributed by atoms with Crippen molar-refractivity contribution in [3.63, 3.8) is 0 Å². The van der Waals surface area contributed by atoms with Crippen molar-refractivity contribution in [2.45, 2.75) is 32.0 Å². The fourth-order valence-corrected chi connectivity index (χ4v) is 6.09. The Morgan fingerprint density at radius 3 is 2.49 bits per heavy atom. The first-order valence-corrected chi connectivity index (χ1v) is 15.4. The zero-order chi connectivity index (χ0) is 31.2. The van der Waals surface area contributed by atoms with Crippen LogP contribution in [-0.4, -0.2) is 76.3 Å². The van der Waals surface area contributed by atoms with Crippen molar-refractivity contribution in [2.75, 3.05) is 40.4 Å². The third kappa shape index (κ3) is 6.78. The first-order valence-electron chi connectivity index (χ1n) is 15.4. The fourth-order valence-electron chi connectivity index (χ4n) is 6.09. The normalized spacial score (nSPS) is 13.7. The van der Waals surface area contributed by atoms with Gasteiger partial charge < -0.3 is 28.4 Å². The third-order valence-electron chi connectivity index (χ3n) is 8.58. The standard InChI is InChI=1S/C36H39N5O4/c1-38(19-20-44-2)35(42)34-24-39(23-33(34)32-14-8-12-28-11-6-7-13-31(28)32)22-30-21-37-26-41(30)29-15-17-40(18-16-29)36(43)45-25-27-9-4-3-5-10-27/h3-14,21,23-24,26,29H,15-20,22,25H2,1-2H3. The minimum Gasteiger partial charge on any atom is -0.445 e. The first kappa shape index (κ1) is 30.1. The van der Waals surface area contributed by atoms with Crippen LogP contribution < -0.4 is 0 Å². The summed E-state index contributed by atoms with van der Waals surface area (Å²) in [5.41, 5.74) is 4.60. The van der Waals surface area contributed by atoms with Crippen molar-refractivity contribution in [3.8, 4) is 11.1 Å². The number of likely N-dealkylation sites (N-methyl/N-ethyl adjacent to an activating group) is 1. The zero-order valence-electron chi connectivity index (χ0n) is 25.8. The molecule has 3 heterocycles. The molecule has 45 heavy (non-hydrogen) atoms. The number of aromatic nitrogens is 3. The number of carbonyl (C=O) groups excluding carboxylic acids is 2.